The van der Waals surface area contributed by atoms with E-state index < -0.39 is 5.97 Å². The predicted molar refractivity (Wildman–Crippen MR) is 92.8 cm³/mol. The molecule has 0 unspecified atom stereocenters. The van der Waals surface area contributed by atoms with Crippen molar-refractivity contribution < 1.29 is 14.6 Å². The van der Waals surface area contributed by atoms with Crippen molar-refractivity contribution in [2.24, 2.45) is 0 Å². The third-order valence-electron chi connectivity index (χ3n) is 5.21. The van der Waals surface area contributed by atoms with E-state index in [2.05, 4.69) is 21.9 Å². The Labute approximate surface area is 150 Å². The van der Waals surface area contributed by atoms with Crippen molar-refractivity contribution in [1.29, 1.82) is 0 Å². The number of aromatic carboxylic acids is 1. The van der Waals surface area contributed by atoms with E-state index >= 15 is 0 Å². The molecule has 8 heteroatoms. The van der Waals surface area contributed by atoms with E-state index in [0.717, 1.165) is 61.7 Å². The molecule has 134 valence electrons. The van der Waals surface area contributed by atoms with Crippen molar-refractivity contribution in [2.75, 3.05) is 19.7 Å². The summed E-state index contributed by atoms with van der Waals surface area (Å²) in [5.74, 6) is 0.152. The average molecular weight is 362 g/mol. The molecule has 1 N–H and O–H groups in total. The molecular formula is C17H22N4O3S. The fourth-order valence-corrected chi connectivity index (χ4v) is 5.10. The molecule has 7 nitrogen and oxygen atoms in total. The number of piperidine rings is 1. The van der Waals surface area contributed by atoms with Crippen LogP contribution in [0.4, 0.5) is 0 Å². The topological polar surface area (TPSA) is 80.5 Å². The fourth-order valence-electron chi connectivity index (χ4n) is 3.85. The zero-order valence-electron chi connectivity index (χ0n) is 14.3. The van der Waals surface area contributed by atoms with Crippen molar-refractivity contribution in [3.8, 4) is 0 Å². The van der Waals surface area contributed by atoms with E-state index in [4.69, 9.17) is 4.74 Å². The smallest absolute Gasteiger partial charge is 0.345 e. The van der Waals surface area contributed by atoms with Crippen LogP contribution in [0.2, 0.25) is 0 Å². The third kappa shape index (κ3) is 2.98. The Bertz CT molecular complexity index is 777. The van der Waals surface area contributed by atoms with Gasteiger partial charge in [-0.15, -0.1) is 11.3 Å². The summed E-state index contributed by atoms with van der Waals surface area (Å²) in [6.45, 7) is 6.19. The number of carbonyl (C=O) groups is 1. The number of ether oxygens (including phenoxy) is 1. The van der Waals surface area contributed by atoms with Crippen LogP contribution in [-0.2, 0) is 29.8 Å². The van der Waals surface area contributed by atoms with Crippen molar-refractivity contribution in [2.45, 2.75) is 44.9 Å². The normalized spacial score (nSPS) is 19.9. The highest BCUT2D eigenvalue weighted by Gasteiger charge is 2.42. The van der Waals surface area contributed by atoms with Crippen LogP contribution in [0.15, 0.2) is 12.4 Å². The number of thiophene rings is 1. The molecule has 4 rings (SSSR count). The quantitative estimate of drug-likeness (QED) is 0.897. The average Bonchev–Trinajstić information content (AvgIpc) is 3.24. The van der Waals surface area contributed by atoms with E-state index in [0.29, 0.717) is 11.5 Å². The Balaban J connectivity index is 1.49. The SMILES string of the molecule is CCn1ncnc1CN1CCC2(CC1)OCCc1cc(C(=O)O)sc12. The molecule has 1 fully saturated rings. The molecule has 4 heterocycles. The lowest BCUT2D eigenvalue weighted by Gasteiger charge is -2.43. The maximum absolute atomic E-state index is 11.3. The minimum atomic E-state index is -0.842. The molecule has 0 saturated carbocycles. The minimum absolute atomic E-state index is 0.305. The minimum Gasteiger partial charge on any atom is -0.477 e. The Morgan fingerprint density at radius 1 is 1.44 bits per heavy atom. The zero-order valence-corrected chi connectivity index (χ0v) is 15.1. The summed E-state index contributed by atoms with van der Waals surface area (Å²) in [6, 6.07) is 1.84. The molecule has 0 atom stereocenters. The third-order valence-corrected chi connectivity index (χ3v) is 6.56. The standard InChI is InChI=1S/C17H22N4O3S/c1-2-21-14(18-11-19-21)10-20-6-4-17(5-7-20)15-12(3-8-24-17)9-13(25-15)16(22)23/h9,11H,2-8,10H2,1H3,(H,22,23). The van der Waals surface area contributed by atoms with Gasteiger partial charge in [0.25, 0.3) is 0 Å². The van der Waals surface area contributed by atoms with E-state index in [9.17, 15) is 9.90 Å². The van der Waals surface area contributed by atoms with Crippen molar-refractivity contribution in [1.82, 2.24) is 19.7 Å². The summed E-state index contributed by atoms with van der Waals surface area (Å²) in [7, 11) is 0. The molecule has 0 amide bonds. The number of likely N-dealkylation sites (tertiary alicyclic amines) is 1. The Morgan fingerprint density at radius 2 is 2.24 bits per heavy atom. The number of rotatable bonds is 4. The first-order chi connectivity index (χ1) is 12.1. The molecule has 2 aromatic heterocycles. The summed E-state index contributed by atoms with van der Waals surface area (Å²) >= 11 is 1.39. The van der Waals surface area contributed by atoms with Gasteiger partial charge in [0.05, 0.1) is 13.2 Å². The molecule has 0 aromatic carbocycles. The van der Waals surface area contributed by atoms with Crippen LogP contribution in [0.1, 0.15) is 45.7 Å². The number of hydrogen-bond donors (Lipinski definition) is 1. The van der Waals surface area contributed by atoms with E-state index in [1.165, 1.54) is 11.3 Å². The largest absolute Gasteiger partial charge is 0.477 e. The second kappa shape index (κ2) is 6.51. The first kappa shape index (κ1) is 16.7. The van der Waals surface area contributed by atoms with Crippen LogP contribution < -0.4 is 0 Å². The molecule has 0 bridgehead atoms. The van der Waals surface area contributed by atoms with Gasteiger partial charge in [-0.3, -0.25) is 4.90 Å². The lowest BCUT2D eigenvalue weighted by molar-refractivity contribution is -0.0964. The van der Waals surface area contributed by atoms with Gasteiger partial charge in [-0.05, 0) is 37.8 Å². The van der Waals surface area contributed by atoms with Gasteiger partial charge in [-0.2, -0.15) is 5.10 Å². The molecule has 2 aliphatic rings. The Morgan fingerprint density at radius 3 is 2.96 bits per heavy atom. The van der Waals surface area contributed by atoms with Crippen LogP contribution >= 0.6 is 11.3 Å². The van der Waals surface area contributed by atoms with E-state index in [1.54, 1.807) is 6.33 Å². The highest BCUT2D eigenvalue weighted by atomic mass is 32.1. The van der Waals surface area contributed by atoms with Crippen LogP contribution in [0.5, 0.6) is 0 Å². The van der Waals surface area contributed by atoms with Gasteiger partial charge in [0, 0.05) is 24.5 Å². The number of aryl methyl sites for hydroxylation is 1. The van der Waals surface area contributed by atoms with Gasteiger partial charge in [-0.1, -0.05) is 0 Å². The summed E-state index contributed by atoms with van der Waals surface area (Å²) in [6.07, 6.45) is 4.20. The fraction of sp³-hybridized carbons (Fsp3) is 0.588. The zero-order chi connectivity index (χ0) is 17.4. The van der Waals surface area contributed by atoms with Crippen molar-refractivity contribution in [3.63, 3.8) is 0 Å². The highest BCUT2D eigenvalue weighted by Crippen LogP contribution is 2.45. The molecule has 1 saturated heterocycles. The summed E-state index contributed by atoms with van der Waals surface area (Å²) in [5, 5.41) is 13.5. The van der Waals surface area contributed by atoms with Gasteiger partial charge in [0.1, 0.15) is 22.6 Å². The van der Waals surface area contributed by atoms with Crippen molar-refractivity contribution in [3.05, 3.63) is 33.5 Å². The van der Waals surface area contributed by atoms with Gasteiger partial charge in [0.15, 0.2) is 0 Å². The lowest BCUT2D eigenvalue weighted by Crippen LogP contribution is -2.45. The van der Waals surface area contributed by atoms with Gasteiger partial charge < -0.3 is 9.84 Å². The number of aromatic nitrogens is 3. The van der Waals surface area contributed by atoms with Gasteiger partial charge in [0.2, 0.25) is 0 Å². The molecule has 25 heavy (non-hydrogen) atoms. The van der Waals surface area contributed by atoms with Gasteiger partial charge >= 0.3 is 5.97 Å². The Hall–Kier alpha value is -1.77. The summed E-state index contributed by atoms with van der Waals surface area (Å²) in [4.78, 5) is 19.6. The second-order valence-electron chi connectivity index (χ2n) is 6.63. The van der Waals surface area contributed by atoms with Crippen molar-refractivity contribution >= 4 is 17.3 Å². The number of fused-ring (bicyclic) bond motifs is 2. The molecule has 2 aromatic rings. The predicted octanol–water partition coefficient (Wildman–Crippen LogP) is 2.12. The molecule has 2 aliphatic heterocycles. The number of carboxylic acids is 1. The van der Waals surface area contributed by atoms with Gasteiger partial charge in [-0.25, -0.2) is 14.5 Å². The highest BCUT2D eigenvalue weighted by molar-refractivity contribution is 7.14. The maximum Gasteiger partial charge on any atom is 0.345 e. The summed E-state index contributed by atoms with van der Waals surface area (Å²) < 4.78 is 8.14. The molecule has 0 aliphatic carbocycles. The molecule has 1 spiro atoms. The van der Waals surface area contributed by atoms with E-state index in [1.807, 2.05) is 10.7 Å². The number of carboxylic acid groups (broad SMARTS) is 1. The summed E-state index contributed by atoms with van der Waals surface area (Å²) in [5.41, 5.74) is 0.855. The second-order valence-corrected chi connectivity index (χ2v) is 7.68. The Kier molecular flexibility index (Phi) is 4.35. The lowest BCUT2D eigenvalue weighted by atomic mass is 9.85. The molecular weight excluding hydrogens is 340 g/mol. The first-order valence-corrected chi connectivity index (χ1v) is 9.52. The number of nitrogens with zero attached hydrogens (tertiary/aromatic N) is 4. The van der Waals surface area contributed by atoms with Crippen LogP contribution in [0, 0.1) is 0 Å². The van der Waals surface area contributed by atoms with E-state index in [-0.39, 0.29) is 5.60 Å². The monoisotopic (exact) mass is 362 g/mol. The molecule has 0 radical (unpaired) electrons. The van der Waals surface area contributed by atoms with Crippen LogP contribution in [-0.4, -0.2) is 50.4 Å². The first-order valence-electron chi connectivity index (χ1n) is 8.71. The number of hydrogen-bond acceptors (Lipinski definition) is 6. The maximum atomic E-state index is 11.3. The van der Waals surface area contributed by atoms with Crippen LogP contribution in [0.25, 0.3) is 0 Å². The van der Waals surface area contributed by atoms with Crippen LogP contribution in [0.3, 0.4) is 0 Å².